The first-order chi connectivity index (χ1) is 12.0. The average Bonchev–Trinajstić information content (AvgIpc) is 2.60. The summed E-state index contributed by atoms with van der Waals surface area (Å²) in [6, 6.07) is 13.9. The lowest BCUT2D eigenvalue weighted by Gasteiger charge is -2.09. The van der Waals surface area contributed by atoms with Gasteiger partial charge in [0.25, 0.3) is 0 Å². The van der Waals surface area contributed by atoms with E-state index in [1.807, 2.05) is 18.2 Å². The van der Waals surface area contributed by atoms with E-state index in [1.54, 1.807) is 30.3 Å². The van der Waals surface area contributed by atoms with Gasteiger partial charge in [0.15, 0.2) is 0 Å². The van der Waals surface area contributed by atoms with Crippen molar-refractivity contribution in [3.63, 3.8) is 0 Å². The first kappa shape index (κ1) is 19.1. The number of nitrogens with one attached hydrogen (secondary N) is 3. The molecule has 3 amide bonds. The zero-order valence-corrected chi connectivity index (χ0v) is 15.0. The summed E-state index contributed by atoms with van der Waals surface area (Å²) in [6.45, 7) is 0.755. The molecule has 0 radical (unpaired) electrons. The van der Waals surface area contributed by atoms with Crippen LogP contribution in [0.4, 0.5) is 10.5 Å². The van der Waals surface area contributed by atoms with Crippen molar-refractivity contribution in [2.45, 2.75) is 19.4 Å². The highest BCUT2D eigenvalue weighted by Crippen LogP contribution is 2.14. The molecule has 0 bridgehead atoms. The number of rotatable bonds is 7. The first-order valence-electron chi connectivity index (χ1n) is 7.85. The number of carbonyl (C=O) groups excluding carboxylic acids is 2. The average molecular weight is 380 g/mol. The topological polar surface area (TPSA) is 70.2 Å². The molecule has 0 saturated heterocycles. The summed E-state index contributed by atoms with van der Waals surface area (Å²) >= 11 is 11.8. The lowest BCUT2D eigenvalue weighted by Crippen LogP contribution is -2.35. The Kier molecular flexibility index (Phi) is 7.57. The predicted molar refractivity (Wildman–Crippen MR) is 101 cm³/mol. The van der Waals surface area contributed by atoms with E-state index in [4.69, 9.17) is 23.2 Å². The molecule has 0 spiro atoms. The SMILES string of the molecule is O=C(CCCNC(=O)NCc1ccccc1Cl)Nc1ccc(Cl)cc1. The Hall–Kier alpha value is -2.24. The molecule has 25 heavy (non-hydrogen) atoms. The van der Waals surface area contributed by atoms with Crippen molar-refractivity contribution in [2.24, 2.45) is 0 Å². The van der Waals surface area contributed by atoms with Crippen molar-refractivity contribution in [3.8, 4) is 0 Å². The summed E-state index contributed by atoms with van der Waals surface area (Å²) in [7, 11) is 0. The van der Waals surface area contributed by atoms with Gasteiger partial charge in [-0.2, -0.15) is 0 Å². The van der Waals surface area contributed by atoms with Gasteiger partial charge in [-0.1, -0.05) is 41.4 Å². The molecule has 3 N–H and O–H groups in total. The summed E-state index contributed by atoms with van der Waals surface area (Å²) in [4.78, 5) is 23.5. The highest BCUT2D eigenvalue weighted by atomic mass is 35.5. The molecule has 132 valence electrons. The van der Waals surface area contributed by atoms with Gasteiger partial charge in [0.2, 0.25) is 5.91 Å². The Morgan fingerprint density at radius 3 is 2.36 bits per heavy atom. The van der Waals surface area contributed by atoms with E-state index in [0.717, 1.165) is 5.56 Å². The molecule has 0 aliphatic heterocycles. The second kappa shape index (κ2) is 9.91. The molecule has 0 aliphatic carbocycles. The lowest BCUT2D eigenvalue weighted by atomic mass is 10.2. The molecule has 0 aromatic heterocycles. The van der Waals surface area contributed by atoms with Gasteiger partial charge < -0.3 is 16.0 Å². The highest BCUT2D eigenvalue weighted by molar-refractivity contribution is 6.31. The van der Waals surface area contributed by atoms with Gasteiger partial charge in [-0.15, -0.1) is 0 Å². The zero-order chi connectivity index (χ0) is 18.1. The van der Waals surface area contributed by atoms with Gasteiger partial charge in [0.05, 0.1) is 0 Å². The predicted octanol–water partition coefficient (Wildman–Crippen LogP) is 4.21. The Morgan fingerprint density at radius 2 is 1.64 bits per heavy atom. The van der Waals surface area contributed by atoms with E-state index in [9.17, 15) is 9.59 Å². The van der Waals surface area contributed by atoms with Crippen molar-refractivity contribution < 1.29 is 9.59 Å². The van der Waals surface area contributed by atoms with Crippen LogP contribution in [0.1, 0.15) is 18.4 Å². The van der Waals surface area contributed by atoms with Crippen LogP contribution in [-0.2, 0) is 11.3 Å². The minimum atomic E-state index is -0.293. The second-order valence-electron chi connectivity index (χ2n) is 5.36. The van der Waals surface area contributed by atoms with Crippen molar-refractivity contribution in [2.75, 3.05) is 11.9 Å². The maximum Gasteiger partial charge on any atom is 0.315 e. The third-order valence-electron chi connectivity index (χ3n) is 3.39. The van der Waals surface area contributed by atoms with Crippen LogP contribution in [0.2, 0.25) is 10.0 Å². The van der Waals surface area contributed by atoms with Gasteiger partial charge in [0.1, 0.15) is 0 Å². The number of anilines is 1. The highest BCUT2D eigenvalue weighted by Gasteiger charge is 2.05. The largest absolute Gasteiger partial charge is 0.338 e. The standard InChI is InChI=1S/C18H19Cl2N3O2/c19-14-7-9-15(10-8-14)23-17(24)6-3-11-21-18(25)22-12-13-4-1-2-5-16(13)20/h1-2,4-5,7-10H,3,6,11-12H2,(H,23,24)(H2,21,22,25). The normalized spacial score (nSPS) is 10.2. The van der Waals surface area contributed by atoms with Crippen LogP contribution < -0.4 is 16.0 Å². The quantitative estimate of drug-likeness (QED) is 0.630. The van der Waals surface area contributed by atoms with Gasteiger partial charge in [-0.25, -0.2) is 4.79 Å². The molecule has 2 rings (SSSR count). The minimum absolute atomic E-state index is 0.111. The molecule has 0 unspecified atom stereocenters. The van der Waals surface area contributed by atoms with Crippen molar-refractivity contribution >= 4 is 40.8 Å². The maximum atomic E-state index is 11.8. The van der Waals surface area contributed by atoms with Gasteiger partial charge in [-0.05, 0) is 42.3 Å². The van der Waals surface area contributed by atoms with Crippen LogP contribution in [0.15, 0.2) is 48.5 Å². The van der Waals surface area contributed by atoms with E-state index in [-0.39, 0.29) is 11.9 Å². The van der Waals surface area contributed by atoms with Crippen molar-refractivity contribution in [3.05, 3.63) is 64.1 Å². The van der Waals surface area contributed by atoms with Gasteiger partial charge in [-0.3, -0.25) is 4.79 Å². The van der Waals surface area contributed by atoms with E-state index in [0.29, 0.717) is 41.7 Å². The number of amides is 3. The number of hydrogen-bond donors (Lipinski definition) is 3. The Bertz CT molecular complexity index is 721. The molecule has 0 fully saturated rings. The molecule has 0 atom stereocenters. The number of hydrogen-bond acceptors (Lipinski definition) is 2. The number of halogens is 2. The molecule has 0 aliphatic rings. The molecule has 2 aromatic carbocycles. The summed E-state index contributed by atoms with van der Waals surface area (Å²) in [5.74, 6) is -0.111. The molecule has 7 heteroatoms. The van der Waals surface area contributed by atoms with Gasteiger partial charge in [0, 0.05) is 35.2 Å². The Morgan fingerprint density at radius 1 is 0.920 bits per heavy atom. The number of urea groups is 1. The third kappa shape index (κ3) is 7.03. The third-order valence-corrected chi connectivity index (χ3v) is 4.01. The summed E-state index contributed by atoms with van der Waals surface area (Å²) in [5.41, 5.74) is 1.54. The first-order valence-corrected chi connectivity index (χ1v) is 8.61. The smallest absolute Gasteiger partial charge is 0.315 e. The zero-order valence-electron chi connectivity index (χ0n) is 13.5. The Labute approximate surface area is 156 Å². The van der Waals surface area contributed by atoms with Crippen LogP contribution in [0.5, 0.6) is 0 Å². The summed E-state index contributed by atoms with van der Waals surface area (Å²) < 4.78 is 0. The summed E-state index contributed by atoms with van der Waals surface area (Å²) in [6.07, 6.45) is 0.854. The molecule has 0 heterocycles. The molecule has 2 aromatic rings. The molecule has 0 saturated carbocycles. The van der Waals surface area contributed by atoms with Crippen LogP contribution in [0, 0.1) is 0 Å². The minimum Gasteiger partial charge on any atom is -0.338 e. The fourth-order valence-electron chi connectivity index (χ4n) is 2.09. The van der Waals surface area contributed by atoms with Crippen LogP contribution in [0.25, 0.3) is 0 Å². The molecule has 5 nitrogen and oxygen atoms in total. The second-order valence-corrected chi connectivity index (χ2v) is 6.20. The monoisotopic (exact) mass is 379 g/mol. The maximum absolute atomic E-state index is 11.8. The van der Waals surface area contributed by atoms with Crippen LogP contribution in [-0.4, -0.2) is 18.5 Å². The fourth-order valence-corrected chi connectivity index (χ4v) is 2.42. The summed E-state index contributed by atoms with van der Waals surface area (Å²) in [5, 5.41) is 9.43. The van der Waals surface area contributed by atoms with E-state index < -0.39 is 0 Å². The van der Waals surface area contributed by atoms with E-state index >= 15 is 0 Å². The van der Waals surface area contributed by atoms with Crippen LogP contribution in [0.3, 0.4) is 0 Å². The Balaban J connectivity index is 1.60. The van der Waals surface area contributed by atoms with E-state index in [2.05, 4.69) is 16.0 Å². The number of carbonyl (C=O) groups is 2. The van der Waals surface area contributed by atoms with Crippen LogP contribution >= 0.6 is 23.2 Å². The van der Waals surface area contributed by atoms with Crippen molar-refractivity contribution in [1.82, 2.24) is 10.6 Å². The van der Waals surface area contributed by atoms with E-state index in [1.165, 1.54) is 0 Å². The molecular formula is C18H19Cl2N3O2. The molecular weight excluding hydrogens is 361 g/mol. The fraction of sp³-hybridized carbons (Fsp3) is 0.222. The lowest BCUT2D eigenvalue weighted by molar-refractivity contribution is -0.116. The van der Waals surface area contributed by atoms with Crippen molar-refractivity contribution in [1.29, 1.82) is 0 Å². The number of benzene rings is 2. The van der Waals surface area contributed by atoms with Gasteiger partial charge >= 0.3 is 6.03 Å².